The summed E-state index contributed by atoms with van der Waals surface area (Å²) in [7, 11) is 0. The Labute approximate surface area is 300 Å². The van der Waals surface area contributed by atoms with E-state index in [0.29, 0.717) is 23.0 Å². The Hall–Kier alpha value is -5.66. The fourth-order valence-electron chi connectivity index (χ4n) is 8.44. The zero-order valence-electron chi connectivity index (χ0n) is 29.6. The van der Waals surface area contributed by atoms with Crippen LogP contribution >= 0.6 is 0 Å². The summed E-state index contributed by atoms with van der Waals surface area (Å²) in [4.78, 5) is 15.0. The van der Waals surface area contributed by atoms with Gasteiger partial charge in [0.1, 0.15) is 0 Å². The van der Waals surface area contributed by atoms with Crippen molar-refractivity contribution >= 4 is 21.5 Å². The molecule has 4 heteroatoms. The molecule has 51 heavy (non-hydrogen) atoms. The molecule has 0 amide bonds. The minimum absolute atomic E-state index is 0.214. The van der Waals surface area contributed by atoms with Crippen molar-refractivity contribution in [2.45, 2.75) is 58.3 Å². The topological polar surface area (TPSA) is 62.5 Å². The van der Waals surface area contributed by atoms with E-state index >= 15 is 0 Å². The Kier molecular flexibility index (Phi) is 8.66. The third kappa shape index (κ3) is 6.30. The minimum atomic E-state index is 0.214. The van der Waals surface area contributed by atoms with Crippen LogP contribution in [0.5, 0.6) is 0 Å². The number of fused-ring (bicyclic) bond motifs is 3. The molecule has 1 fully saturated rings. The lowest BCUT2D eigenvalue weighted by atomic mass is 9.69. The summed E-state index contributed by atoms with van der Waals surface area (Å²) in [6.45, 7) is 7.21. The van der Waals surface area contributed by atoms with Gasteiger partial charge >= 0.3 is 0 Å². The summed E-state index contributed by atoms with van der Waals surface area (Å²) >= 11 is 0. The standard InChI is InChI=1S/C47H42N4/c1-4-47(28-31(2)14-15-32(3)29-47)40-23-20-36(21-24-40)46-50-44(34-10-6-5-7-11-34)49-45(51-46)35-18-16-33(17-19-35)37-22-25-42-38(26-37)27-39(30-48)41-12-8-9-13-43(41)42/h5-13,16-27,31-32H,4,14-15,28-29H2,1-3H3/t31-,32+,47?. The van der Waals surface area contributed by atoms with Crippen molar-refractivity contribution < 1.29 is 0 Å². The largest absolute Gasteiger partial charge is 0.208 e. The maximum Gasteiger partial charge on any atom is 0.164 e. The van der Waals surface area contributed by atoms with Gasteiger partial charge in [-0.2, -0.15) is 5.26 Å². The molecule has 0 saturated heterocycles. The van der Waals surface area contributed by atoms with Crippen molar-refractivity contribution in [3.63, 3.8) is 0 Å². The van der Waals surface area contributed by atoms with E-state index in [0.717, 1.165) is 67.6 Å². The van der Waals surface area contributed by atoms with Crippen LogP contribution in [-0.4, -0.2) is 15.0 Å². The molecule has 1 aromatic heterocycles. The second-order valence-electron chi connectivity index (χ2n) is 14.7. The molecular weight excluding hydrogens is 621 g/mol. The summed E-state index contributed by atoms with van der Waals surface area (Å²) in [6, 6.07) is 46.7. The highest BCUT2D eigenvalue weighted by Gasteiger charge is 2.36. The molecule has 0 spiro atoms. The summed E-state index contributed by atoms with van der Waals surface area (Å²) in [5, 5.41) is 14.1. The summed E-state index contributed by atoms with van der Waals surface area (Å²) in [5.41, 5.74) is 7.42. The number of rotatable bonds is 6. The smallest absolute Gasteiger partial charge is 0.164 e. The van der Waals surface area contributed by atoms with Gasteiger partial charge in [0, 0.05) is 22.1 Å². The lowest BCUT2D eigenvalue weighted by molar-refractivity contribution is 0.295. The van der Waals surface area contributed by atoms with Gasteiger partial charge in [0.2, 0.25) is 0 Å². The highest BCUT2D eigenvalue weighted by Crippen LogP contribution is 2.45. The quantitative estimate of drug-likeness (QED) is 0.131. The third-order valence-corrected chi connectivity index (χ3v) is 11.2. The Morgan fingerprint density at radius 2 is 1.08 bits per heavy atom. The van der Waals surface area contributed by atoms with Gasteiger partial charge in [-0.3, -0.25) is 0 Å². The van der Waals surface area contributed by atoms with Gasteiger partial charge in [-0.05, 0) is 81.5 Å². The normalized spacial score (nSPS) is 19.1. The predicted octanol–water partition coefficient (Wildman–Crippen LogP) is 12.2. The van der Waals surface area contributed by atoms with Gasteiger partial charge in [-0.25, -0.2) is 15.0 Å². The molecule has 1 aliphatic rings. The van der Waals surface area contributed by atoms with E-state index in [-0.39, 0.29) is 5.41 Å². The average molecular weight is 663 g/mol. The predicted molar refractivity (Wildman–Crippen MR) is 210 cm³/mol. The van der Waals surface area contributed by atoms with E-state index < -0.39 is 0 Å². The first-order valence-corrected chi connectivity index (χ1v) is 18.3. The molecule has 0 aliphatic heterocycles. The van der Waals surface area contributed by atoms with E-state index in [2.05, 4.69) is 112 Å². The third-order valence-electron chi connectivity index (χ3n) is 11.2. The first kappa shape index (κ1) is 32.5. The van der Waals surface area contributed by atoms with E-state index in [9.17, 15) is 5.26 Å². The van der Waals surface area contributed by atoms with Crippen LogP contribution in [0.1, 0.15) is 64.0 Å². The molecular formula is C47H42N4. The maximum atomic E-state index is 9.85. The highest BCUT2D eigenvalue weighted by molar-refractivity contribution is 6.10. The lowest BCUT2D eigenvalue weighted by Crippen LogP contribution is -2.28. The summed E-state index contributed by atoms with van der Waals surface area (Å²) < 4.78 is 0. The number of nitriles is 1. The van der Waals surface area contributed by atoms with Crippen LogP contribution in [0.15, 0.2) is 127 Å². The second-order valence-corrected chi connectivity index (χ2v) is 14.7. The highest BCUT2D eigenvalue weighted by atomic mass is 15.0. The second kappa shape index (κ2) is 13.6. The van der Waals surface area contributed by atoms with Gasteiger partial charge in [-0.1, -0.05) is 149 Å². The van der Waals surface area contributed by atoms with Crippen LogP contribution in [0.2, 0.25) is 0 Å². The molecule has 1 unspecified atom stereocenters. The molecule has 0 radical (unpaired) electrons. The van der Waals surface area contributed by atoms with Crippen LogP contribution in [0.25, 0.3) is 66.8 Å². The van der Waals surface area contributed by atoms with Gasteiger partial charge in [0.05, 0.1) is 11.6 Å². The van der Waals surface area contributed by atoms with Gasteiger partial charge in [0.25, 0.3) is 0 Å². The van der Waals surface area contributed by atoms with Crippen LogP contribution in [0, 0.1) is 23.2 Å². The number of aromatic nitrogens is 3. The molecule has 1 saturated carbocycles. The summed E-state index contributed by atoms with van der Waals surface area (Å²) in [5.74, 6) is 3.46. The van der Waals surface area contributed by atoms with Gasteiger partial charge < -0.3 is 0 Å². The molecule has 8 rings (SSSR count). The molecule has 4 nitrogen and oxygen atoms in total. The minimum Gasteiger partial charge on any atom is -0.208 e. The number of nitrogens with zero attached hydrogens (tertiary/aromatic N) is 4. The summed E-state index contributed by atoms with van der Waals surface area (Å²) in [6.07, 6.45) is 6.28. The Morgan fingerprint density at radius 3 is 1.67 bits per heavy atom. The van der Waals surface area contributed by atoms with E-state index in [1.54, 1.807) is 0 Å². The van der Waals surface area contributed by atoms with Crippen LogP contribution in [0.3, 0.4) is 0 Å². The molecule has 6 aromatic carbocycles. The molecule has 0 bridgehead atoms. The molecule has 250 valence electrons. The number of hydrogen-bond acceptors (Lipinski definition) is 4. The van der Waals surface area contributed by atoms with Gasteiger partial charge in [-0.15, -0.1) is 0 Å². The van der Waals surface area contributed by atoms with Crippen LogP contribution in [-0.2, 0) is 5.41 Å². The van der Waals surface area contributed by atoms with Crippen molar-refractivity contribution in [3.05, 3.63) is 139 Å². The van der Waals surface area contributed by atoms with Crippen molar-refractivity contribution in [2.75, 3.05) is 0 Å². The van der Waals surface area contributed by atoms with Crippen LogP contribution < -0.4 is 0 Å². The molecule has 7 aromatic rings. The molecule has 1 heterocycles. The van der Waals surface area contributed by atoms with Gasteiger partial charge in [0.15, 0.2) is 17.5 Å². The molecule has 1 aliphatic carbocycles. The maximum absolute atomic E-state index is 9.85. The molecule has 3 atom stereocenters. The number of benzene rings is 6. The Balaban J connectivity index is 1.15. The average Bonchev–Trinajstić information content (AvgIpc) is 3.35. The van der Waals surface area contributed by atoms with Crippen LogP contribution in [0.4, 0.5) is 0 Å². The first-order chi connectivity index (χ1) is 24.9. The van der Waals surface area contributed by atoms with Crippen molar-refractivity contribution in [3.8, 4) is 51.4 Å². The van der Waals surface area contributed by atoms with E-state index in [1.807, 2.05) is 42.5 Å². The number of hydrogen-bond donors (Lipinski definition) is 0. The van der Waals surface area contributed by atoms with Crippen molar-refractivity contribution in [1.29, 1.82) is 5.26 Å². The zero-order chi connectivity index (χ0) is 35.0. The Morgan fingerprint density at radius 1 is 0.569 bits per heavy atom. The molecule has 0 N–H and O–H groups in total. The van der Waals surface area contributed by atoms with E-state index in [4.69, 9.17) is 15.0 Å². The lowest BCUT2D eigenvalue weighted by Gasteiger charge is -2.35. The zero-order valence-corrected chi connectivity index (χ0v) is 29.6. The van der Waals surface area contributed by atoms with Crippen molar-refractivity contribution in [2.24, 2.45) is 11.8 Å². The Bertz CT molecular complexity index is 2380. The fourth-order valence-corrected chi connectivity index (χ4v) is 8.44. The fraction of sp³-hybridized carbons (Fsp3) is 0.234. The monoisotopic (exact) mass is 662 g/mol. The van der Waals surface area contributed by atoms with Crippen molar-refractivity contribution in [1.82, 2.24) is 15.0 Å². The van der Waals surface area contributed by atoms with E-state index in [1.165, 1.54) is 31.2 Å². The SMILES string of the molecule is CCC1(c2ccc(-c3nc(-c4ccccc4)nc(-c4ccc(-c5ccc6c(c5)cc(C#N)c5ccccc56)cc4)n3)cc2)C[C@H](C)CC[C@H](C)C1. The first-order valence-electron chi connectivity index (χ1n) is 18.3.